The largest absolute Gasteiger partial charge is 0.489 e. The van der Waals surface area contributed by atoms with Crippen LogP contribution in [0.1, 0.15) is 29.7 Å². The Morgan fingerprint density at radius 1 is 1.11 bits per heavy atom. The molecule has 0 saturated heterocycles. The molecule has 0 spiro atoms. The van der Waals surface area contributed by atoms with E-state index in [1.54, 1.807) is 0 Å². The second-order valence-corrected chi connectivity index (χ2v) is 4.64. The predicted molar refractivity (Wildman–Crippen MR) is 74.6 cm³/mol. The van der Waals surface area contributed by atoms with Crippen LogP contribution in [0, 0.1) is 6.92 Å². The van der Waals surface area contributed by atoms with Gasteiger partial charge >= 0.3 is 0 Å². The molecule has 0 aliphatic heterocycles. The summed E-state index contributed by atoms with van der Waals surface area (Å²) < 4.78 is 5.77. The first-order valence-electron chi connectivity index (χ1n) is 6.19. The monoisotopic (exact) mass is 241 g/mol. The topological polar surface area (TPSA) is 35.2 Å². The van der Waals surface area contributed by atoms with E-state index in [0.717, 1.165) is 11.3 Å². The quantitative estimate of drug-likeness (QED) is 0.887. The molecule has 0 saturated carbocycles. The summed E-state index contributed by atoms with van der Waals surface area (Å²) in [6.07, 6.45) is 0. The summed E-state index contributed by atoms with van der Waals surface area (Å²) in [5.74, 6) is 0.866. The van der Waals surface area contributed by atoms with Crippen molar-refractivity contribution < 1.29 is 4.74 Å². The van der Waals surface area contributed by atoms with Gasteiger partial charge in [-0.3, -0.25) is 0 Å². The van der Waals surface area contributed by atoms with Gasteiger partial charge in [-0.1, -0.05) is 42.0 Å². The lowest BCUT2D eigenvalue weighted by Gasteiger charge is -2.10. The first-order valence-corrected chi connectivity index (χ1v) is 6.19. The van der Waals surface area contributed by atoms with Crippen LogP contribution in [-0.2, 0) is 6.61 Å². The van der Waals surface area contributed by atoms with Crippen LogP contribution in [0.4, 0.5) is 0 Å². The predicted octanol–water partition coefficient (Wildman–Crippen LogP) is 3.59. The van der Waals surface area contributed by atoms with E-state index in [2.05, 4.69) is 31.2 Å². The van der Waals surface area contributed by atoms with Crippen molar-refractivity contribution in [2.75, 3.05) is 0 Å². The van der Waals surface area contributed by atoms with Crippen molar-refractivity contribution in [1.82, 2.24) is 0 Å². The third kappa shape index (κ3) is 3.34. The Bertz CT molecular complexity index is 503. The van der Waals surface area contributed by atoms with Gasteiger partial charge in [-0.25, -0.2) is 0 Å². The van der Waals surface area contributed by atoms with Gasteiger partial charge in [-0.05, 0) is 37.1 Å². The average Bonchev–Trinajstić information content (AvgIpc) is 2.38. The summed E-state index contributed by atoms with van der Waals surface area (Å²) >= 11 is 0. The van der Waals surface area contributed by atoms with Crippen LogP contribution in [0.3, 0.4) is 0 Å². The number of ether oxygens (including phenoxy) is 1. The van der Waals surface area contributed by atoms with Gasteiger partial charge in [-0.15, -0.1) is 0 Å². The molecule has 0 amide bonds. The molecule has 0 aliphatic rings. The second kappa shape index (κ2) is 5.69. The van der Waals surface area contributed by atoms with Gasteiger partial charge in [0.25, 0.3) is 0 Å². The molecule has 0 fully saturated rings. The van der Waals surface area contributed by atoms with E-state index in [1.807, 2.05) is 31.2 Å². The number of nitrogens with two attached hydrogens (primary N) is 1. The summed E-state index contributed by atoms with van der Waals surface area (Å²) in [6.45, 7) is 4.64. The SMILES string of the molecule is Cc1ccc(COc2cccc(C(C)N)c2)cc1. The Hall–Kier alpha value is -1.80. The normalized spacial score (nSPS) is 12.2. The van der Waals surface area contributed by atoms with Gasteiger partial charge in [-0.2, -0.15) is 0 Å². The Labute approximate surface area is 108 Å². The maximum Gasteiger partial charge on any atom is 0.120 e. The van der Waals surface area contributed by atoms with E-state index < -0.39 is 0 Å². The molecule has 2 aromatic carbocycles. The number of hydrogen-bond donors (Lipinski definition) is 1. The summed E-state index contributed by atoms with van der Waals surface area (Å²) in [5, 5.41) is 0. The van der Waals surface area contributed by atoms with E-state index >= 15 is 0 Å². The minimum absolute atomic E-state index is 0.0351. The van der Waals surface area contributed by atoms with Gasteiger partial charge in [0.15, 0.2) is 0 Å². The second-order valence-electron chi connectivity index (χ2n) is 4.64. The summed E-state index contributed by atoms with van der Waals surface area (Å²) in [7, 11) is 0. The lowest BCUT2D eigenvalue weighted by atomic mass is 10.1. The molecule has 2 aromatic rings. The van der Waals surface area contributed by atoms with Gasteiger partial charge in [0.05, 0.1) is 0 Å². The molecule has 0 radical (unpaired) electrons. The lowest BCUT2D eigenvalue weighted by molar-refractivity contribution is 0.306. The molecule has 2 heteroatoms. The Morgan fingerprint density at radius 3 is 2.50 bits per heavy atom. The van der Waals surface area contributed by atoms with Gasteiger partial charge < -0.3 is 10.5 Å². The summed E-state index contributed by atoms with van der Waals surface area (Å²) in [6, 6.07) is 16.3. The number of aryl methyl sites for hydroxylation is 1. The fourth-order valence-corrected chi connectivity index (χ4v) is 1.74. The van der Waals surface area contributed by atoms with Gasteiger partial charge in [0, 0.05) is 6.04 Å². The standard InChI is InChI=1S/C16H19NO/c1-12-6-8-14(9-7-12)11-18-16-5-3-4-15(10-16)13(2)17/h3-10,13H,11,17H2,1-2H3. The van der Waals surface area contributed by atoms with Crippen molar-refractivity contribution in [3.8, 4) is 5.75 Å². The van der Waals surface area contributed by atoms with Crippen LogP contribution in [0.25, 0.3) is 0 Å². The molecule has 18 heavy (non-hydrogen) atoms. The van der Waals surface area contributed by atoms with Gasteiger partial charge in [0.2, 0.25) is 0 Å². The van der Waals surface area contributed by atoms with E-state index in [-0.39, 0.29) is 6.04 Å². The smallest absolute Gasteiger partial charge is 0.120 e. The fourth-order valence-electron chi connectivity index (χ4n) is 1.74. The van der Waals surface area contributed by atoms with Crippen LogP contribution < -0.4 is 10.5 Å². The molecule has 94 valence electrons. The van der Waals surface area contributed by atoms with Crippen molar-refractivity contribution in [3.63, 3.8) is 0 Å². The molecular weight excluding hydrogens is 222 g/mol. The number of rotatable bonds is 4. The Balaban J connectivity index is 2.01. The van der Waals surface area contributed by atoms with Crippen molar-refractivity contribution in [2.24, 2.45) is 5.73 Å². The zero-order valence-electron chi connectivity index (χ0n) is 10.9. The molecule has 0 heterocycles. The van der Waals surface area contributed by atoms with E-state index in [9.17, 15) is 0 Å². The zero-order valence-corrected chi connectivity index (χ0v) is 10.9. The fraction of sp³-hybridized carbons (Fsp3) is 0.250. The lowest BCUT2D eigenvalue weighted by Crippen LogP contribution is -2.05. The summed E-state index contributed by atoms with van der Waals surface area (Å²) in [5.41, 5.74) is 9.38. The average molecular weight is 241 g/mol. The molecule has 2 rings (SSSR count). The van der Waals surface area contributed by atoms with Crippen molar-refractivity contribution >= 4 is 0 Å². The minimum Gasteiger partial charge on any atom is -0.489 e. The van der Waals surface area contributed by atoms with Crippen LogP contribution in [0.15, 0.2) is 48.5 Å². The van der Waals surface area contributed by atoms with Crippen LogP contribution in [0.2, 0.25) is 0 Å². The Kier molecular flexibility index (Phi) is 4.00. The number of benzene rings is 2. The molecular formula is C16H19NO. The van der Waals surface area contributed by atoms with Crippen LogP contribution in [-0.4, -0.2) is 0 Å². The third-order valence-electron chi connectivity index (χ3n) is 2.91. The molecule has 2 nitrogen and oxygen atoms in total. The first-order chi connectivity index (χ1) is 8.65. The maximum absolute atomic E-state index is 5.85. The van der Waals surface area contributed by atoms with Crippen molar-refractivity contribution in [1.29, 1.82) is 0 Å². The molecule has 1 atom stereocenters. The molecule has 2 N–H and O–H groups in total. The van der Waals surface area contributed by atoms with Crippen molar-refractivity contribution in [3.05, 3.63) is 65.2 Å². The summed E-state index contributed by atoms with van der Waals surface area (Å²) in [4.78, 5) is 0. The molecule has 0 bridgehead atoms. The molecule has 0 aromatic heterocycles. The zero-order chi connectivity index (χ0) is 13.0. The third-order valence-corrected chi connectivity index (χ3v) is 2.91. The van der Waals surface area contributed by atoms with E-state index in [4.69, 9.17) is 10.5 Å². The first kappa shape index (κ1) is 12.7. The highest BCUT2D eigenvalue weighted by Crippen LogP contribution is 2.18. The molecule has 0 aliphatic carbocycles. The van der Waals surface area contributed by atoms with Crippen LogP contribution in [0.5, 0.6) is 5.75 Å². The van der Waals surface area contributed by atoms with E-state index in [0.29, 0.717) is 6.61 Å². The van der Waals surface area contributed by atoms with Crippen molar-refractivity contribution in [2.45, 2.75) is 26.5 Å². The Morgan fingerprint density at radius 2 is 1.83 bits per heavy atom. The number of hydrogen-bond acceptors (Lipinski definition) is 2. The highest BCUT2D eigenvalue weighted by atomic mass is 16.5. The minimum atomic E-state index is 0.0351. The van der Waals surface area contributed by atoms with Gasteiger partial charge in [0.1, 0.15) is 12.4 Å². The molecule has 1 unspecified atom stereocenters. The maximum atomic E-state index is 5.85. The highest BCUT2D eigenvalue weighted by Gasteiger charge is 2.01. The van der Waals surface area contributed by atoms with E-state index in [1.165, 1.54) is 11.1 Å². The van der Waals surface area contributed by atoms with Crippen LogP contribution >= 0.6 is 0 Å². The highest BCUT2D eigenvalue weighted by molar-refractivity contribution is 5.30.